The number of hydrogen-bond donors (Lipinski definition) is 1. The zero-order chi connectivity index (χ0) is 17.0. The smallest absolute Gasteiger partial charge is 0.311 e. The first-order valence-corrected chi connectivity index (χ1v) is 6.26. The molecule has 0 aliphatic carbocycles. The highest BCUT2D eigenvalue weighted by molar-refractivity contribution is 5.90. The molecule has 0 atom stereocenters. The molecule has 0 fully saturated rings. The third-order valence-electron chi connectivity index (χ3n) is 3.02. The van der Waals surface area contributed by atoms with Gasteiger partial charge in [0.05, 0.1) is 21.5 Å². The molecule has 8 heteroatoms. The van der Waals surface area contributed by atoms with Crippen LogP contribution in [0.25, 0.3) is 11.6 Å². The van der Waals surface area contributed by atoms with E-state index in [0.29, 0.717) is 11.1 Å². The molecule has 0 saturated carbocycles. The van der Waals surface area contributed by atoms with Crippen LogP contribution in [-0.4, -0.2) is 15.0 Å². The fourth-order valence-electron chi connectivity index (χ4n) is 1.89. The van der Waals surface area contributed by atoms with Crippen molar-refractivity contribution in [2.45, 2.75) is 0 Å². The lowest BCUT2D eigenvalue weighted by atomic mass is 10.0. The first-order chi connectivity index (χ1) is 10.9. The highest BCUT2D eigenvalue weighted by Crippen LogP contribution is 2.28. The van der Waals surface area contributed by atoms with Crippen molar-refractivity contribution in [1.29, 1.82) is 5.26 Å². The van der Waals surface area contributed by atoms with Crippen LogP contribution in [0.2, 0.25) is 0 Å². The standard InChI is InChI=1S/C15H9N3O5/c16-9-12(11-2-4-13(5-3-11)17(20)21)7-10-1-6-15(19)14(8-10)18(22)23/h1-8,19H/b12-7+. The van der Waals surface area contributed by atoms with Crippen molar-refractivity contribution in [3.8, 4) is 11.8 Å². The molecule has 0 bridgehead atoms. The average Bonchev–Trinajstić information content (AvgIpc) is 2.54. The molecular weight excluding hydrogens is 302 g/mol. The number of aromatic hydroxyl groups is 1. The first kappa shape index (κ1) is 15.7. The monoisotopic (exact) mass is 311 g/mol. The van der Waals surface area contributed by atoms with Crippen LogP contribution in [0, 0.1) is 31.6 Å². The van der Waals surface area contributed by atoms with Gasteiger partial charge >= 0.3 is 5.69 Å². The van der Waals surface area contributed by atoms with E-state index in [9.17, 15) is 30.6 Å². The number of phenolic OH excluding ortho intramolecular Hbond substituents is 1. The van der Waals surface area contributed by atoms with Crippen LogP contribution in [-0.2, 0) is 0 Å². The topological polar surface area (TPSA) is 130 Å². The summed E-state index contributed by atoms with van der Waals surface area (Å²) in [5, 5.41) is 40.0. The SMILES string of the molecule is N#C/C(=C\c1ccc(O)c([N+](=O)[O-])c1)c1ccc([N+](=O)[O-])cc1. The Kier molecular flexibility index (Phi) is 4.33. The number of rotatable bonds is 4. The molecule has 0 amide bonds. The van der Waals surface area contributed by atoms with E-state index in [1.54, 1.807) is 0 Å². The lowest BCUT2D eigenvalue weighted by Gasteiger charge is -2.01. The van der Waals surface area contributed by atoms with Gasteiger partial charge in [0.1, 0.15) is 0 Å². The highest BCUT2D eigenvalue weighted by Gasteiger charge is 2.13. The van der Waals surface area contributed by atoms with Crippen molar-refractivity contribution < 1.29 is 15.0 Å². The Morgan fingerprint density at radius 1 is 1.09 bits per heavy atom. The fourth-order valence-corrected chi connectivity index (χ4v) is 1.89. The zero-order valence-electron chi connectivity index (χ0n) is 11.5. The summed E-state index contributed by atoms with van der Waals surface area (Å²) in [5.41, 5.74) is 0.393. The minimum atomic E-state index is -0.732. The van der Waals surface area contributed by atoms with Gasteiger partial charge in [-0.1, -0.05) is 6.07 Å². The number of nitrogens with zero attached hydrogens (tertiary/aromatic N) is 3. The van der Waals surface area contributed by atoms with Gasteiger partial charge in [-0.15, -0.1) is 0 Å². The van der Waals surface area contributed by atoms with Crippen molar-refractivity contribution in [2.24, 2.45) is 0 Å². The Bertz CT molecular complexity index is 850. The van der Waals surface area contributed by atoms with Crippen LogP contribution in [0.4, 0.5) is 11.4 Å². The molecular formula is C15H9N3O5. The molecule has 0 heterocycles. The van der Waals surface area contributed by atoms with E-state index in [2.05, 4.69) is 0 Å². The van der Waals surface area contributed by atoms with Gasteiger partial charge in [-0.3, -0.25) is 20.2 Å². The molecule has 2 aromatic carbocycles. The molecule has 0 aromatic heterocycles. The number of allylic oxidation sites excluding steroid dienone is 1. The molecule has 2 rings (SSSR count). The third-order valence-corrected chi connectivity index (χ3v) is 3.02. The van der Waals surface area contributed by atoms with Gasteiger partial charge in [0, 0.05) is 18.2 Å². The minimum absolute atomic E-state index is 0.105. The van der Waals surface area contributed by atoms with Crippen LogP contribution in [0.5, 0.6) is 5.75 Å². The maximum absolute atomic E-state index is 10.8. The summed E-state index contributed by atoms with van der Waals surface area (Å²) < 4.78 is 0. The summed E-state index contributed by atoms with van der Waals surface area (Å²) in [7, 11) is 0. The molecule has 0 saturated heterocycles. The number of non-ortho nitro benzene ring substituents is 1. The molecule has 1 N–H and O–H groups in total. The van der Waals surface area contributed by atoms with E-state index < -0.39 is 21.3 Å². The van der Waals surface area contributed by atoms with Gasteiger partial charge in [-0.25, -0.2) is 0 Å². The largest absolute Gasteiger partial charge is 0.502 e. The molecule has 8 nitrogen and oxygen atoms in total. The van der Waals surface area contributed by atoms with E-state index in [1.807, 2.05) is 6.07 Å². The Morgan fingerprint density at radius 3 is 2.26 bits per heavy atom. The summed E-state index contributed by atoms with van der Waals surface area (Å²) in [6.07, 6.45) is 1.40. The van der Waals surface area contributed by atoms with Crippen LogP contribution >= 0.6 is 0 Å². The van der Waals surface area contributed by atoms with Crippen LogP contribution in [0.3, 0.4) is 0 Å². The van der Waals surface area contributed by atoms with Gasteiger partial charge in [0.2, 0.25) is 0 Å². The predicted octanol–water partition coefficient (Wildman–Crippen LogP) is 3.27. The van der Waals surface area contributed by atoms with E-state index in [1.165, 1.54) is 36.4 Å². The summed E-state index contributed by atoms with van der Waals surface area (Å²) in [4.78, 5) is 20.1. The number of nitro benzene ring substituents is 2. The Hall–Kier alpha value is -3.73. The van der Waals surface area contributed by atoms with E-state index >= 15 is 0 Å². The number of phenols is 1. The maximum atomic E-state index is 10.8. The normalized spacial score (nSPS) is 10.8. The molecule has 0 radical (unpaired) electrons. The van der Waals surface area contributed by atoms with Crippen molar-refractivity contribution in [3.63, 3.8) is 0 Å². The summed E-state index contributed by atoms with van der Waals surface area (Å²) >= 11 is 0. The highest BCUT2D eigenvalue weighted by atomic mass is 16.6. The number of hydrogen-bond acceptors (Lipinski definition) is 6. The Balaban J connectivity index is 2.43. The molecule has 0 unspecified atom stereocenters. The van der Waals surface area contributed by atoms with E-state index in [0.717, 1.165) is 12.1 Å². The molecule has 2 aromatic rings. The van der Waals surface area contributed by atoms with Crippen LogP contribution < -0.4 is 0 Å². The van der Waals surface area contributed by atoms with Gasteiger partial charge in [0.25, 0.3) is 5.69 Å². The van der Waals surface area contributed by atoms with Crippen molar-refractivity contribution >= 4 is 23.0 Å². The fraction of sp³-hybridized carbons (Fsp3) is 0. The lowest BCUT2D eigenvalue weighted by Crippen LogP contribution is -1.90. The zero-order valence-corrected chi connectivity index (χ0v) is 11.5. The Morgan fingerprint density at radius 2 is 1.74 bits per heavy atom. The molecule has 0 aliphatic heterocycles. The van der Waals surface area contributed by atoms with E-state index in [-0.39, 0.29) is 11.3 Å². The van der Waals surface area contributed by atoms with Gasteiger partial charge in [-0.05, 0) is 35.4 Å². The van der Waals surface area contributed by atoms with Crippen molar-refractivity contribution in [1.82, 2.24) is 0 Å². The Labute approximate surface area is 129 Å². The number of benzene rings is 2. The van der Waals surface area contributed by atoms with Crippen molar-refractivity contribution in [2.75, 3.05) is 0 Å². The third kappa shape index (κ3) is 3.48. The molecule has 0 spiro atoms. The quantitative estimate of drug-likeness (QED) is 0.399. The second-order valence-corrected chi connectivity index (χ2v) is 4.48. The van der Waals surface area contributed by atoms with Crippen molar-refractivity contribution in [3.05, 3.63) is 73.8 Å². The van der Waals surface area contributed by atoms with Gasteiger partial charge in [-0.2, -0.15) is 5.26 Å². The molecule has 0 aliphatic rings. The van der Waals surface area contributed by atoms with Crippen LogP contribution in [0.15, 0.2) is 42.5 Å². The summed E-state index contributed by atoms with van der Waals surface area (Å²) in [5.74, 6) is -0.471. The average molecular weight is 311 g/mol. The number of nitro groups is 2. The second kappa shape index (κ2) is 6.36. The summed E-state index contributed by atoms with van der Waals surface area (Å²) in [6.45, 7) is 0. The first-order valence-electron chi connectivity index (χ1n) is 6.26. The van der Waals surface area contributed by atoms with E-state index in [4.69, 9.17) is 0 Å². The maximum Gasteiger partial charge on any atom is 0.311 e. The summed E-state index contributed by atoms with van der Waals surface area (Å²) in [6, 6.07) is 11.0. The molecule has 114 valence electrons. The minimum Gasteiger partial charge on any atom is -0.502 e. The van der Waals surface area contributed by atoms with Gasteiger partial charge in [0.15, 0.2) is 5.75 Å². The number of nitriles is 1. The lowest BCUT2D eigenvalue weighted by molar-refractivity contribution is -0.385. The van der Waals surface area contributed by atoms with Crippen LogP contribution in [0.1, 0.15) is 11.1 Å². The molecule has 23 heavy (non-hydrogen) atoms. The predicted molar refractivity (Wildman–Crippen MR) is 81.3 cm³/mol. The second-order valence-electron chi connectivity index (χ2n) is 4.48. The van der Waals surface area contributed by atoms with Gasteiger partial charge < -0.3 is 5.11 Å².